The number of carbonyl (C=O) groups is 1. The van der Waals surface area contributed by atoms with Crippen LogP contribution < -0.4 is 18.9 Å². The monoisotopic (exact) mass is 392 g/mol. The summed E-state index contributed by atoms with van der Waals surface area (Å²) in [4.78, 5) is 12.7. The van der Waals surface area contributed by atoms with Gasteiger partial charge in [-0.1, -0.05) is 0 Å². The molecule has 0 heterocycles. The Kier molecular flexibility index (Phi) is 7.25. The van der Waals surface area contributed by atoms with Crippen molar-refractivity contribution < 1.29 is 37.0 Å². The molecule has 0 aliphatic heterocycles. The van der Waals surface area contributed by atoms with Crippen LogP contribution in [0, 0.1) is 0 Å². The predicted octanol–water partition coefficient (Wildman–Crippen LogP) is 3.89. The molecule has 0 saturated heterocycles. The van der Waals surface area contributed by atoms with E-state index in [1.54, 1.807) is 12.1 Å². The van der Waals surface area contributed by atoms with Crippen molar-refractivity contribution in [3.63, 3.8) is 0 Å². The first-order valence-corrected chi connectivity index (χ1v) is 8.08. The van der Waals surface area contributed by atoms with Crippen LogP contribution in [0.25, 0.3) is 5.76 Å². The molecule has 148 valence electrons. The van der Waals surface area contributed by atoms with E-state index in [2.05, 4.69) is 4.65 Å². The van der Waals surface area contributed by atoms with Crippen LogP contribution in [0.5, 0.6) is 23.0 Å². The largest absolute Gasteiger partial charge is 0.796 e. The van der Waals surface area contributed by atoms with Gasteiger partial charge in [0.2, 0.25) is 0 Å². The first-order valence-electron chi connectivity index (χ1n) is 8.08. The van der Waals surface area contributed by atoms with Crippen LogP contribution in [-0.4, -0.2) is 41.7 Å². The number of ether oxygens (including phenoxy) is 4. The maximum atomic E-state index is 13.0. The number of halogens is 2. The fourth-order valence-electron chi connectivity index (χ4n) is 2.47. The van der Waals surface area contributed by atoms with Crippen LogP contribution in [-0.2, 0) is 4.65 Å². The van der Waals surface area contributed by atoms with E-state index in [-0.39, 0.29) is 28.4 Å². The molecule has 2 aromatic carbocycles. The Morgan fingerprint density at radius 1 is 0.821 bits per heavy atom. The van der Waals surface area contributed by atoms with Crippen molar-refractivity contribution in [2.45, 2.75) is 0 Å². The van der Waals surface area contributed by atoms with Gasteiger partial charge in [-0.25, -0.2) is 8.63 Å². The highest BCUT2D eigenvalue weighted by molar-refractivity contribution is 6.36. The highest BCUT2D eigenvalue weighted by Gasteiger charge is 2.24. The first kappa shape index (κ1) is 21.1. The van der Waals surface area contributed by atoms with Crippen LogP contribution in [0.1, 0.15) is 15.9 Å². The smallest absolute Gasteiger partial charge is 0.504 e. The lowest BCUT2D eigenvalue weighted by Crippen LogP contribution is -2.08. The Labute approximate surface area is 161 Å². The molecule has 0 radical (unpaired) electrons. The number of allylic oxidation sites excluding steroid dienone is 1. The van der Waals surface area contributed by atoms with E-state index in [1.165, 1.54) is 52.7 Å². The van der Waals surface area contributed by atoms with Gasteiger partial charge in [0.25, 0.3) is 0 Å². The maximum Gasteiger partial charge on any atom is 0.796 e. The normalized spacial score (nSPS) is 10.9. The average molecular weight is 392 g/mol. The molecule has 28 heavy (non-hydrogen) atoms. The Morgan fingerprint density at radius 2 is 1.32 bits per heavy atom. The summed E-state index contributed by atoms with van der Waals surface area (Å²) in [5.74, 6) is 0.447. The first-order chi connectivity index (χ1) is 13.4. The molecule has 2 aromatic rings. The number of hydrogen-bond donors (Lipinski definition) is 0. The van der Waals surface area contributed by atoms with Crippen LogP contribution in [0.3, 0.4) is 0 Å². The minimum Gasteiger partial charge on any atom is -0.504 e. The summed E-state index contributed by atoms with van der Waals surface area (Å²) in [6.07, 6.45) is 0.959. The van der Waals surface area contributed by atoms with Crippen LogP contribution >= 0.6 is 0 Å². The molecule has 0 aromatic heterocycles. The van der Waals surface area contributed by atoms with Crippen molar-refractivity contribution >= 4 is 19.0 Å². The lowest BCUT2D eigenvalue weighted by Gasteiger charge is -2.14. The van der Waals surface area contributed by atoms with Gasteiger partial charge in [-0.05, 0) is 24.3 Å². The van der Waals surface area contributed by atoms with Crippen LogP contribution in [0.15, 0.2) is 42.5 Å². The molecular formula is C19H19BF2O6. The second kappa shape index (κ2) is 9.64. The molecule has 0 atom stereocenters. The Bertz CT molecular complexity index is 869. The summed E-state index contributed by atoms with van der Waals surface area (Å²) >= 11 is 0. The number of ketones is 1. The number of benzene rings is 2. The van der Waals surface area contributed by atoms with E-state index in [1.807, 2.05) is 0 Å². The molecule has 0 fully saturated rings. The minimum atomic E-state index is -3.14. The van der Waals surface area contributed by atoms with Gasteiger partial charge >= 0.3 is 7.47 Å². The van der Waals surface area contributed by atoms with E-state index in [9.17, 15) is 13.4 Å². The molecule has 6 nitrogen and oxygen atoms in total. The zero-order chi connectivity index (χ0) is 20.7. The van der Waals surface area contributed by atoms with E-state index in [4.69, 9.17) is 18.9 Å². The van der Waals surface area contributed by atoms with Crippen molar-refractivity contribution in [3.8, 4) is 23.0 Å². The van der Waals surface area contributed by atoms with Crippen LogP contribution in [0.2, 0.25) is 0 Å². The highest BCUT2D eigenvalue weighted by atomic mass is 19.2. The maximum absolute atomic E-state index is 13.0. The van der Waals surface area contributed by atoms with Gasteiger partial charge in [0.05, 0.1) is 39.6 Å². The summed E-state index contributed by atoms with van der Waals surface area (Å²) in [5.41, 5.74) is 0.329. The molecule has 0 aliphatic rings. The van der Waals surface area contributed by atoms with Gasteiger partial charge in [-0.3, -0.25) is 4.79 Å². The summed E-state index contributed by atoms with van der Waals surface area (Å²) in [6, 6.07) is 9.05. The zero-order valence-corrected chi connectivity index (χ0v) is 15.8. The molecule has 0 bridgehead atoms. The second-order valence-electron chi connectivity index (χ2n) is 5.38. The summed E-state index contributed by atoms with van der Waals surface area (Å²) in [6.45, 7) is 0. The highest BCUT2D eigenvalue weighted by Crippen LogP contribution is 2.32. The summed E-state index contributed by atoms with van der Waals surface area (Å²) in [7, 11) is 2.55. The molecule has 9 heteroatoms. The quantitative estimate of drug-likeness (QED) is 0.279. The predicted molar refractivity (Wildman–Crippen MR) is 100 cm³/mol. The van der Waals surface area contributed by atoms with E-state index >= 15 is 0 Å². The lowest BCUT2D eigenvalue weighted by molar-refractivity contribution is 0.104. The Balaban J connectivity index is 2.51. The number of hydrogen-bond acceptors (Lipinski definition) is 6. The third-order valence-electron chi connectivity index (χ3n) is 3.83. The Morgan fingerprint density at radius 3 is 1.79 bits per heavy atom. The van der Waals surface area contributed by atoms with Crippen molar-refractivity contribution in [2.75, 3.05) is 28.4 Å². The van der Waals surface area contributed by atoms with Gasteiger partial charge in [0.15, 0.2) is 5.78 Å². The summed E-state index contributed by atoms with van der Waals surface area (Å²) < 4.78 is 51.1. The molecule has 0 unspecified atom stereocenters. The van der Waals surface area contributed by atoms with Gasteiger partial charge in [0.1, 0.15) is 28.8 Å². The second-order valence-corrected chi connectivity index (χ2v) is 5.38. The number of methoxy groups -OCH3 is 4. The minimum absolute atomic E-state index is 0.158. The lowest BCUT2D eigenvalue weighted by atomic mass is 10.0. The van der Waals surface area contributed by atoms with E-state index < -0.39 is 13.3 Å². The molecule has 0 spiro atoms. The van der Waals surface area contributed by atoms with Crippen molar-refractivity contribution in [2.24, 2.45) is 0 Å². The average Bonchev–Trinajstić information content (AvgIpc) is 2.71. The molecule has 0 amide bonds. The molecule has 2 rings (SSSR count). The van der Waals surface area contributed by atoms with Gasteiger partial charge in [-0.15, -0.1) is 0 Å². The zero-order valence-electron chi connectivity index (χ0n) is 15.8. The third-order valence-corrected chi connectivity index (χ3v) is 3.83. The van der Waals surface area contributed by atoms with Gasteiger partial charge in [-0.2, -0.15) is 0 Å². The fraction of sp³-hybridized carbons (Fsp3) is 0.211. The Hall–Kier alpha value is -3.23. The third kappa shape index (κ3) is 4.94. The molecule has 0 N–H and O–H groups in total. The SMILES string of the molecule is COc1ccc(C(=O)/C=C(\OB(F)F)c2ccc(OC)cc2OC)c(OC)c1. The molecular weight excluding hydrogens is 373 g/mol. The molecule has 0 aliphatic carbocycles. The van der Waals surface area contributed by atoms with Crippen LogP contribution in [0.4, 0.5) is 8.63 Å². The van der Waals surface area contributed by atoms with Crippen molar-refractivity contribution in [1.82, 2.24) is 0 Å². The number of rotatable bonds is 9. The van der Waals surface area contributed by atoms with Gasteiger partial charge < -0.3 is 23.6 Å². The molecule has 0 saturated carbocycles. The van der Waals surface area contributed by atoms with Crippen molar-refractivity contribution in [1.29, 1.82) is 0 Å². The fourth-order valence-corrected chi connectivity index (χ4v) is 2.47. The van der Waals surface area contributed by atoms with E-state index in [0.717, 1.165) is 6.08 Å². The summed E-state index contributed by atoms with van der Waals surface area (Å²) in [5, 5.41) is 0. The standard InChI is InChI=1S/C19H19BF2O6/c1-24-12-5-7-14(17(9-12)26-3)16(23)11-19(28-20(21)22)15-8-6-13(25-2)10-18(15)27-4/h5-11H,1-4H3/b19-11-. The van der Waals surface area contributed by atoms with Crippen molar-refractivity contribution in [3.05, 3.63) is 53.6 Å². The topological polar surface area (TPSA) is 63.2 Å². The number of carbonyl (C=O) groups excluding carboxylic acids is 1. The van der Waals surface area contributed by atoms with Gasteiger partial charge in [0, 0.05) is 18.2 Å². The van der Waals surface area contributed by atoms with E-state index in [0.29, 0.717) is 11.5 Å².